The summed E-state index contributed by atoms with van der Waals surface area (Å²) in [5.41, 5.74) is 8.15. The van der Waals surface area contributed by atoms with Crippen LogP contribution in [0.1, 0.15) is 5.56 Å². The van der Waals surface area contributed by atoms with E-state index < -0.39 is 5.91 Å². The summed E-state index contributed by atoms with van der Waals surface area (Å²) in [6.07, 6.45) is 1.32. The molecule has 0 radical (unpaired) electrons. The molecule has 0 aliphatic rings. The van der Waals surface area contributed by atoms with Crippen molar-refractivity contribution in [3.8, 4) is 5.75 Å². The number of hydrogen-bond acceptors (Lipinski definition) is 7. The summed E-state index contributed by atoms with van der Waals surface area (Å²) in [4.78, 5) is 11.5. The van der Waals surface area contributed by atoms with E-state index in [4.69, 9.17) is 5.73 Å². The van der Waals surface area contributed by atoms with Crippen molar-refractivity contribution >= 4 is 34.0 Å². The van der Waals surface area contributed by atoms with Crippen LogP contribution < -0.4 is 11.2 Å². The van der Waals surface area contributed by atoms with Gasteiger partial charge in [-0.25, -0.2) is 10.1 Å². The summed E-state index contributed by atoms with van der Waals surface area (Å²) < 4.78 is 1.91. The predicted octanol–water partition coefficient (Wildman–Crippen LogP) is -0.126. The zero-order valence-electron chi connectivity index (χ0n) is 10.1. The number of hydrazone groups is 1. The molecule has 4 N–H and O–H groups in total. The molecule has 104 valence electrons. The number of nitrogen functional groups attached to an aromatic ring is 1. The Balaban J connectivity index is 1.94. The molecule has 1 heterocycles. The average molecular weight is 340 g/mol. The normalized spacial score (nSPS) is 10.8. The monoisotopic (exact) mass is 339 g/mol. The number of halogens is 1. The second-order valence-corrected chi connectivity index (χ2v) is 4.61. The molecule has 0 aliphatic carbocycles. The summed E-state index contributed by atoms with van der Waals surface area (Å²) in [5, 5.41) is 23.6. The number of nitrogens with zero attached hydrogens (tertiary/aromatic N) is 5. The maximum absolute atomic E-state index is 11.5. The van der Waals surface area contributed by atoms with E-state index in [0.717, 1.165) is 9.15 Å². The molecule has 0 atom stereocenters. The van der Waals surface area contributed by atoms with Gasteiger partial charge in [-0.2, -0.15) is 5.10 Å². The number of carbonyl (C=O) groups excluding carboxylic acids is 1. The molecule has 2 rings (SSSR count). The molecule has 0 spiro atoms. The van der Waals surface area contributed by atoms with Gasteiger partial charge in [0.05, 0.1) is 6.21 Å². The van der Waals surface area contributed by atoms with Gasteiger partial charge in [0, 0.05) is 10.0 Å². The smallest absolute Gasteiger partial charge is 0.261 e. The third kappa shape index (κ3) is 3.51. The fraction of sp³-hybridized carbons (Fsp3) is 0.100. The van der Waals surface area contributed by atoms with E-state index in [1.807, 2.05) is 0 Å². The number of amides is 1. The van der Waals surface area contributed by atoms with Gasteiger partial charge in [0.2, 0.25) is 5.95 Å². The van der Waals surface area contributed by atoms with Gasteiger partial charge >= 0.3 is 0 Å². The van der Waals surface area contributed by atoms with Gasteiger partial charge in [0.15, 0.2) is 0 Å². The number of aromatic hydroxyl groups is 1. The Labute approximate surface area is 121 Å². The highest BCUT2D eigenvalue weighted by molar-refractivity contribution is 9.10. The van der Waals surface area contributed by atoms with Crippen LogP contribution in [0.2, 0.25) is 0 Å². The lowest BCUT2D eigenvalue weighted by molar-refractivity contribution is -0.121. The van der Waals surface area contributed by atoms with Gasteiger partial charge < -0.3 is 10.8 Å². The Bertz CT molecular complexity index is 655. The largest absolute Gasteiger partial charge is 0.507 e. The van der Waals surface area contributed by atoms with E-state index >= 15 is 0 Å². The molecule has 0 unspecified atom stereocenters. The fourth-order valence-corrected chi connectivity index (χ4v) is 1.68. The van der Waals surface area contributed by atoms with E-state index in [0.29, 0.717) is 5.56 Å². The summed E-state index contributed by atoms with van der Waals surface area (Å²) in [7, 11) is 0. The maximum atomic E-state index is 11.5. The van der Waals surface area contributed by atoms with E-state index in [9.17, 15) is 9.90 Å². The molecule has 10 heteroatoms. The molecule has 20 heavy (non-hydrogen) atoms. The SMILES string of the molecule is Nc1nnnn1CC(=O)NN=Cc1cc(Br)ccc1O. The van der Waals surface area contributed by atoms with Gasteiger partial charge in [-0.05, 0) is 28.6 Å². The molecule has 9 nitrogen and oxygen atoms in total. The molecule has 2 aromatic rings. The van der Waals surface area contributed by atoms with E-state index in [2.05, 4.69) is 42.0 Å². The Morgan fingerprint density at radius 2 is 2.40 bits per heavy atom. The lowest BCUT2D eigenvalue weighted by atomic mass is 10.2. The molecule has 1 amide bonds. The molecule has 0 aliphatic heterocycles. The molecule has 0 fully saturated rings. The van der Waals surface area contributed by atoms with E-state index in [1.165, 1.54) is 12.3 Å². The van der Waals surface area contributed by atoms with Crippen LogP contribution in [-0.2, 0) is 11.3 Å². The van der Waals surface area contributed by atoms with Crippen molar-refractivity contribution in [1.29, 1.82) is 0 Å². The van der Waals surface area contributed by atoms with Gasteiger partial charge in [-0.3, -0.25) is 4.79 Å². The van der Waals surface area contributed by atoms with Crippen molar-refractivity contribution in [2.75, 3.05) is 5.73 Å². The fourth-order valence-electron chi connectivity index (χ4n) is 1.30. The minimum absolute atomic E-state index is 0.0359. The van der Waals surface area contributed by atoms with Crippen LogP contribution in [-0.4, -0.2) is 37.4 Å². The van der Waals surface area contributed by atoms with Crippen LogP contribution in [0.4, 0.5) is 5.95 Å². The van der Waals surface area contributed by atoms with Crippen LogP contribution in [0.15, 0.2) is 27.8 Å². The molecular weight excluding hydrogens is 330 g/mol. The first kappa shape index (κ1) is 13.9. The second-order valence-electron chi connectivity index (χ2n) is 3.69. The van der Waals surface area contributed by atoms with Gasteiger partial charge in [0.25, 0.3) is 5.91 Å². The molecule has 1 aromatic heterocycles. The number of phenols is 1. The van der Waals surface area contributed by atoms with Gasteiger partial charge in [-0.15, -0.1) is 0 Å². The van der Waals surface area contributed by atoms with Crippen LogP contribution >= 0.6 is 15.9 Å². The first-order valence-corrected chi connectivity index (χ1v) is 6.17. The Morgan fingerprint density at radius 3 is 3.10 bits per heavy atom. The number of benzene rings is 1. The van der Waals surface area contributed by atoms with E-state index in [-0.39, 0.29) is 18.2 Å². The number of rotatable bonds is 4. The summed E-state index contributed by atoms with van der Waals surface area (Å²) in [6.45, 7) is -0.152. The minimum Gasteiger partial charge on any atom is -0.507 e. The van der Waals surface area contributed by atoms with Gasteiger partial charge in [-0.1, -0.05) is 21.0 Å². The quantitative estimate of drug-likeness (QED) is 0.525. The lowest BCUT2D eigenvalue weighted by Crippen LogP contribution is -2.24. The Hall–Kier alpha value is -2.49. The summed E-state index contributed by atoms with van der Waals surface area (Å²) >= 11 is 3.27. The highest BCUT2D eigenvalue weighted by atomic mass is 79.9. The second kappa shape index (κ2) is 6.10. The lowest BCUT2D eigenvalue weighted by Gasteiger charge is -2.01. The zero-order chi connectivity index (χ0) is 14.5. The third-order valence-electron chi connectivity index (χ3n) is 2.24. The van der Waals surface area contributed by atoms with Crippen molar-refractivity contribution < 1.29 is 9.90 Å². The Kier molecular flexibility index (Phi) is 4.25. The van der Waals surface area contributed by atoms with Crippen LogP contribution in [0.25, 0.3) is 0 Å². The summed E-state index contributed by atoms with van der Waals surface area (Å²) in [5.74, 6) is -0.362. The third-order valence-corrected chi connectivity index (χ3v) is 2.73. The van der Waals surface area contributed by atoms with Crippen LogP contribution in [0, 0.1) is 0 Å². The highest BCUT2D eigenvalue weighted by Gasteiger charge is 2.06. The molecule has 0 bridgehead atoms. The number of phenolic OH excluding ortho intramolecular Hbond substituents is 1. The number of carbonyl (C=O) groups is 1. The van der Waals surface area contributed by atoms with Crippen molar-refractivity contribution in [1.82, 2.24) is 25.6 Å². The highest BCUT2D eigenvalue weighted by Crippen LogP contribution is 2.19. The standard InChI is InChI=1S/C10H10BrN7O2/c11-7-1-2-8(19)6(3-7)4-13-14-9(20)5-18-10(12)15-16-17-18/h1-4,19H,5H2,(H,14,20)(H2,12,15,17). The van der Waals surface area contributed by atoms with Crippen molar-refractivity contribution in [2.45, 2.75) is 6.54 Å². The summed E-state index contributed by atoms with van der Waals surface area (Å²) in [6, 6.07) is 4.85. The number of hydrogen-bond donors (Lipinski definition) is 3. The number of nitrogens with two attached hydrogens (primary N) is 1. The topological polar surface area (TPSA) is 131 Å². The zero-order valence-corrected chi connectivity index (χ0v) is 11.6. The maximum Gasteiger partial charge on any atom is 0.261 e. The molecule has 1 aromatic carbocycles. The van der Waals surface area contributed by atoms with Crippen molar-refractivity contribution in [3.05, 3.63) is 28.2 Å². The number of tetrazole rings is 1. The molecule has 0 saturated heterocycles. The number of aromatic nitrogens is 4. The average Bonchev–Trinajstić information content (AvgIpc) is 2.79. The number of anilines is 1. The van der Waals surface area contributed by atoms with Crippen molar-refractivity contribution in [2.24, 2.45) is 5.10 Å². The van der Waals surface area contributed by atoms with Crippen molar-refractivity contribution in [3.63, 3.8) is 0 Å². The molecule has 0 saturated carbocycles. The Morgan fingerprint density at radius 1 is 1.60 bits per heavy atom. The van der Waals surface area contributed by atoms with Gasteiger partial charge in [0.1, 0.15) is 12.3 Å². The molecular formula is C10H10BrN7O2. The minimum atomic E-state index is -0.449. The van der Waals surface area contributed by atoms with Crippen LogP contribution in [0.5, 0.6) is 5.75 Å². The van der Waals surface area contributed by atoms with E-state index in [1.54, 1.807) is 12.1 Å². The predicted molar refractivity (Wildman–Crippen MR) is 73.8 cm³/mol. The first-order valence-electron chi connectivity index (χ1n) is 5.38. The first-order chi connectivity index (χ1) is 9.56. The number of nitrogens with one attached hydrogen (secondary N) is 1. The van der Waals surface area contributed by atoms with Crippen LogP contribution in [0.3, 0.4) is 0 Å².